The van der Waals surface area contributed by atoms with Crippen molar-refractivity contribution in [2.24, 2.45) is 7.05 Å². The molecule has 174 valence electrons. The number of thiophene rings is 1. The molecule has 0 aliphatic carbocycles. The maximum absolute atomic E-state index is 13.6. The molecule has 0 atom stereocenters. The van der Waals surface area contributed by atoms with E-state index in [0.29, 0.717) is 17.0 Å². The van der Waals surface area contributed by atoms with Gasteiger partial charge in [0, 0.05) is 43.4 Å². The van der Waals surface area contributed by atoms with Crippen LogP contribution in [0.3, 0.4) is 0 Å². The van der Waals surface area contributed by atoms with Crippen LogP contribution in [-0.2, 0) is 19.8 Å². The number of hydrogen-bond acceptors (Lipinski definition) is 8. The lowest BCUT2D eigenvalue weighted by Gasteiger charge is -2.31. The minimum Gasteiger partial charge on any atom is -0.351 e. The van der Waals surface area contributed by atoms with Crippen molar-refractivity contribution in [1.82, 2.24) is 29.4 Å². The van der Waals surface area contributed by atoms with Gasteiger partial charge in [-0.15, -0.1) is 11.3 Å². The number of nitrogens with zero attached hydrogens (tertiary/aromatic N) is 5. The number of nitrogens with one attached hydrogen (secondary N) is 2. The van der Waals surface area contributed by atoms with Crippen molar-refractivity contribution in [3.05, 3.63) is 40.7 Å². The number of carbonyl (C=O) groups excluding carboxylic acids is 1. The highest BCUT2D eigenvalue weighted by Gasteiger charge is 2.37. The van der Waals surface area contributed by atoms with Gasteiger partial charge in [0.1, 0.15) is 5.56 Å². The molecule has 0 unspecified atom stereocenters. The van der Waals surface area contributed by atoms with Crippen molar-refractivity contribution >= 4 is 35.1 Å². The molecule has 3 aromatic heterocycles. The van der Waals surface area contributed by atoms with E-state index in [1.807, 2.05) is 19.4 Å². The number of fused-ring (bicyclic) bond motifs is 1. The Morgan fingerprint density at radius 2 is 2.06 bits per heavy atom. The minimum absolute atomic E-state index is 0.0551. The van der Waals surface area contributed by atoms with Crippen molar-refractivity contribution in [2.45, 2.75) is 36.5 Å². The third kappa shape index (κ3) is 4.70. The van der Waals surface area contributed by atoms with E-state index in [1.54, 1.807) is 16.6 Å². The number of anilines is 1. The van der Waals surface area contributed by atoms with Crippen LogP contribution in [0.15, 0.2) is 29.6 Å². The molecule has 1 saturated heterocycles. The highest BCUT2D eigenvalue weighted by atomic mass is 32.2. The average molecular weight is 496 g/mol. The number of hydrogen-bond donors (Lipinski definition) is 2. The van der Waals surface area contributed by atoms with Crippen LogP contribution >= 0.6 is 23.3 Å². The molecule has 1 amide bonds. The topological polar surface area (TPSA) is 88.0 Å². The largest absolute Gasteiger partial charge is 0.420 e. The van der Waals surface area contributed by atoms with E-state index in [2.05, 4.69) is 30.0 Å². The van der Waals surface area contributed by atoms with E-state index in [9.17, 15) is 18.0 Å². The minimum atomic E-state index is -4.60. The SMILES string of the molecule is Cn1cc(SN2CCC(Nc3ncc(C(F)(F)F)c(-c4cc5c(s4)CNC5=O)n3)CC2)cn1. The Bertz CT molecular complexity index is 1180. The molecule has 2 aliphatic heterocycles. The van der Waals surface area contributed by atoms with Gasteiger partial charge in [0.25, 0.3) is 5.91 Å². The zero-order chi connectivity index (χ0) is 23.2. The van der Waals surface area contributed by atoms with E-state index in [4.69, 9.17) is 0 Å². The molecule has 0 saturated carbocycles. The number of halogens is 3. The van der Waals surface area contributed by atoms with E-state index in [1.165, 1.54) is 6.07 Å². The number of amides is 1. The molecule has 13 heteroatoms. The van der Waals surface area contributed by atoms with Crippen LogP contribution in [0.1, 0.15) is 33.6 Å². The maximum Gasteiger partial charge on any atom is 0.420 e. The second-order valence-electron chi connectivity index (χ2n) is 7.87. The fraction of sp³-hybridized carbons (Fsp3) is 0.400. The van der Waals surface area contributed by atoms with E-state index >= 15 is 0 Å². The first-order chi connectivity index (χ1) is 15.8. The summed E-state index contributed by atoms with van der Waals surface area (Å²) in [5, 5.41) is 10.0. The third-order valence-corrected chi connectivity index (χ3v) is 7.68. The fourth-order valence-corrected chi connectivity index (χ4v) is 5.93. The van der Waals surface area contributed by atoms with E-state index in [0.717, 1.165) is 53.2 Å². The Kier molecular flexibility index (Phi) is 5.79. The molecule has 0 spiro atoms. The van der Waals surface area contributed by atoms with Crippen LogP contribution in [0.4, 0.5) is 19.1 Å². The van der Waals surface area contributed by atoms with Crippen molar-refractivity contribution in [3.8, 4) is 10.6 Å². The van der Waals surface area contributed by atoms with Crippen LogP contribution < -0.4 is 10.6 Å². The quantitative estimate of drug-likeness (QED) is 0.521. The van der Waals surface area contributed by atoms with Gasteiger partial charge in [-0.25, -0.2) is 14.3 Å². The molecular formula is C20H20F3N7OS2. The molecule has 0 bridgehead atoms. The standard InChI is InChI=1S/C20H20F3N7OS2/c1-29-10-12(7-26-29)33-30-4-2-11(3-5-30)27-19-25-8-14(20(21,22)23)17(28-19)15-6-13-16(32-15)9-24-18(13)31/h6-8,10-11H,2-5,9H2,1H3,(H,24,31)(H,25,27,28). The van der Waals surface area contributed by atoms with Gasteiger partial charge in [-0.2, -0.15) is 18.3 Å². The normalized spacial score (nSPS) is 17.3. The summed E-state index contributed by atoms with van der Waals surface area (Å²) >= 11 is 2.79. The summed E-state index contributed by atoms with van der Waals surface area (Å²) in [4.78, 5) is 22.2. The van der Waals surface area contributed by atoms with Crippen LogP contribution in [0.2, 0.25) is 0 Å². The Balaban J connectivity index is 1.31. The molecule has 3 aromatic rings. The number of aromatic nitrogens is 4. The molecule has 5 rings (SSSR count). The molecule has 1 fully saturated rings. The maximum atomic E-state index is 13.6. The Labute approximate surface area is 195 Å². The molecule has 33 heavy (non-hydrogen) atoms. The van der Waals surface area contributed by atoms with Crippen LogP contribution in [0, 0.1) is 0 Å². The second-order valence-corrected chi connectivity index (χ2v) is 10.2. The van der Waals surface area contributed by atoms with Gasteiger partial charge in [-0.1, -0.05) is 0 Å². The van der Waals surface area contributed by atoms with Crippen molar-refractivity contribution < 1.29 is 18.0 Å². The summed E-state index contributed by atoms with van der Waals surface area (Å²) in [7, 11) is 1.87. The number of rotatable bonds is 5. The highest BCUT2D eigenvalue weighted by Crippen LogP contribution is 2.40. The predicted octanol–water partition coefficient (Wildman–Crippen LogP) is 3.78. The van der Waals surface area contributed by atoms with Gasteiger partial charge in [0.2, 0.25) is 5.95 Å². The Morgan fingerprint density at radius 3 is 2.73 bits per heavy atom. The Hall–Kier alpha value is -2.64. The number of alkyl halides is 3. The fourth-order valence-electron chi connectivity index (χ4n) is 3.84. The highest BCUT2D eigenvalue weighted by molar-refractivity contribution is 7.97. The molecular weight excluding hydrogens is 475 g/mol. The molecule has 2 aliphatic rings. The molecule has 8 nitrogen and oxygen atoms in total. The average Bonchev–Trinajstić information content (AvgIpc) is 3.46. The smallest absolute Gasteiger partial charge is 0.351 e. The van der Waals surface area contributed by atoms with Gasteiger partial charge in [-0.05, 0) is 30.9 Å². The summed E-state index contributed by atoms with van der Waals surface area (Å²) in [6.07, 6.45) is 1.61. The van der Waals surface area contributed by atoms with Crippen LogP contribution in [-0.4, -0.2) is 49.1 Å². The van der Waals surface area contributed by atoms with Crippen molar-refractivity contribution in [2.75, 3.05) is 18.4 Å². The van der Waals surface area contributed by atoms with Crippen molar-refractivity contribution in [1.29, 1.82) is 0 Å². The zero-order valence-corrected chi connectivity index (χ0v) is 19.1. The lowest BCUT2D eigenvalue weighted by Crippen LogP contribution is -2.36. The zero-order valence-electron chi connectivity index (χ0n) is 17.5. The summed E-state index contributed by atoms with van der Waals surface area (Å²) in [6, 6.07) is 1.54. The molecule has 2 N–H and O–H groups in total. The summed E-state index contributed by atoms with van der Waals surface area (Å²) in [5.74, 6) is -0.112. The molecule has 0 radical (unpaired) electrons. The summed E-state index contributed by atoms with van der Waals surface area (Å²) in [5.41, 5.74) is -0.692. The monoisotopic (exact) mass is 495 g/mol. The summed E-state index contributed by atoms with van der Waals surface area (Å²) in [6.45, 7) is 1.96. The first-order valence-corrected chi connectivity index (χ1v) is 11.9. The van der Waals surface area contributed by atoms with E-state index in [-0.39, 0.29) is 23.6 Å². The van der Waals surface area contributed by atoms with Crippen LogP contribution in [0.5, 0.6) is 0 Å². The first-order valence-electron chi connectivity index (χ1n) is 10.3. The van der Waals surface area contributed by atoms with E-state index < -0.39 is 11.7 Å². The van der Waals surface area contributed by atoms with Crippen molar-refractivity contribution in [3.63, 3.8) is 0 Å². The van der Waals surface area contributed by atoms with Gasteiger partial charge in [0.15, 0.2) is 0 Å². The van der Waals surface area contributed by atoms with Gasteiger partial charge < -0.3 is 10.6 Å². The van der Waals surface area contributed by atoms with Gasteiger partial charge >= 0.3 is 6.18 Å². The molecule has 0 aromatic carbocycles. The first kappa shape index (κ1) is 22.2. The summed E-state index contributed by atoms with van der Waals surface area (Å²) < 4.78 is 44.9. The third-order valence-electron chi connectivity index (χ3n) is 5.49. The number of piperidine rings is 1. The lowest BCUT2D eigenvalue weighted by atomic mass is 10.1. The van der Waals surface area contributed by atoms with Gasteiger partial charge in [0.05, 0.1) is 33.8 Å². The van der Waals surface area contributed by atoms with Crippen LogP contribution in [0.25, 0.3) is 10.6 Å². The number of carbonyl (C=O) groups is 1. The number of aryl methyl sites for hydroxylation is 1. The predicted molar refractivity (Wildman–Crippen MR) is 119 cm³/mol. The second kappa shape index (κ2) is 8.61. The Morgan fingerprint density at radius 1 is 1.27 bits per heavy atom. The van der Waals surface area contributed by atoms with Gasteiger partial charge in [-0.3, -0.25) is 9.48 Å². The lowest BCUT2D eigenvalue weighted by molar-refractivity contribution is -0.137. The molecule has 5 heterocycles.